The molecular weight excluding hydrogens is 524 g/mol. The number of benzene rings is 3. The van der Waals surface area contributed by atoms with Crippen molar-refractivity contribution in [3.63, 3.8) is 0 Å². The van der Waals surface area contributed by atoms with E-state index in [1.165, 1.54) is 7.11 Å². The number of hydrogen-bond donors (Lipinski definition) is 0. The zero-order valence-electron chi connectivity index (χ0n) is 22.3. The lowest BCUT2D eigenvalue weighted by Crippen LogP contribution is -2.20. The lowest BCUT2D eigenvalue weighted by molar-refractivity contribution is 0.0599. The third-order valence-electron chi connectivity index (χ3n) is 6.64. The van der Waals surface area contributed by atoms with E-state index < -0.39 is 5.97 Å². The molecule has 0 aliphatic rings. The minimum atomic E-state index is -0.471. The molecule has 0 aliphatic heterocycles. The van der Waals surface area contributed by atoms with E-state index in [0.717, 1.165) is 28.3 Å². The molecule has 2 heterocycles. The van der Waals surface area contributed by atoms with Crippen LogP contribution in [0.3, 0.4) is 0 Å². The highest BCUT2D eigenvalue weighted by molar-refractivity contribution is 6.30. The molecule has 2 aromatic heterocycles. The van der Waals surface area contributed by atoms with Crippen molar-refractivity contribution in [3.8, 4) is 17.1 Å². The Morgan fingerprint density at radius 3 is 2.25 bits per heavy atom. The van der Waals surface area contributed by atoms with Crippen LogP contribution in [-0.4, -0.2) is 25.2 Å². The first kappa shape index (κ1) is 27.0. The molecule has 0 unspecified atom stereocenters. The molecule has 3 aromatic carbocycles. The molecule has 0 saturated heterocycles. The van der Waals surface area contributed by atoms with Crippen LogP contribution in [0.5, 0.6) is 5.75 Å². The van der Waals surface area contributed by atoms with E-state index in [1.54, 1.807) is 25.4 Å². The molecule has 0 N–H and O–H groups in total. The Morgan fingerprint density at radius 2 is 1.60 bits per heavy atom. The van der Waals surface area contributed by atoms with Gasteiger partial charge in [0.2, 0.25) is 0 Å². The van der Waals surface area contributed by atoms with Crippen LogP contribution in [0.15, 0.2) is 108 Å². The van der Waals surface area contributed by atoms with Gasteiger partial charge in [-0.15, -0.1) is 0 Å². The van der Waals surface area contributed by atoms with Crippen molar-refractivity contribution >= 4 is 28.9 Å². The summed E-state index contributed by atoms with van der Waals surface area (Å²) in [5, 5.41) is 0.606. The summed E-state index contributed by atoms with van der Waals surface area (Å²) in [6, 6.07) is 30.9. The smallest absolute Gasteiger partial charge is 0.343 e. The minimum absolute atomic E-state index is 0.384. The van der Waals surface area contributed by atoms with Gasteiger partial charge in [0.15, 0.2) is 5.76 Å². The van der Waals surface area contributed by atoms with Gasteiger partial charge >= 0.3 is 5.97 Å². The highest BCUT2D eigenvalue weighted by Gasteiger charge is 2.32. The molecule has 0 radical (unpaired) electrons. The second-order valence-corrected chi connectivity index (χ2v) is 9.60. The van der Waals surface area contributed by atoms with E-state index in [1.807, 2.05) is 77.7 Å². The van der Waals surface area contributed by atoms with Gasteiger partial charge < -0.3 is 18.8 Å². The maximum absolute atomic E-state index is 13.5. The molecule has 0 amide bonds. The lowest BCUT2D eigenvalue weighted by atomic mass is 10.0. The van der Waals surface area contributed by atoms with Gasteiger partial charge in [0.05, 0.1) is 26.5 Å². The molecule has 0 saturated carbocycles. The number of furan rings is 1. The van der Waals surface area contributed by atoms with E-state index >= 15 is 0 Å². The Balaban J connectivity index is 1.71. The summed E-state index contributed by atoms with van der Waals surface area (Å²) in [5.41, 5.74) is 4.58. The van der Waals surface area contributed by atoms with E-state index in [0.29, 0.717) is 47.2 Å². The number of aryl methyl sites for hydroxylation is 2. The summed E-state index contributed by atoms with van der Waals surface area (Å²) < 4.78 is 17.3. The number of nitrogens with zero attached hydrogens (tertiary/aromatic N) is 2. The third-order valence-corrected chi connectivity index (χ3v) is 6.89. The molecule has 7 heteroatoms. The quantitative estimate of drug-likeness (QED) is 0.164. The number of esters is 1. The molecule has 0 atom stereocenters. The number of ether oxygens (including phenoxy) is 2. The van der Waals surface area contributed by atoms with Crippen LogP contribution in [0, 0.1) is 0 Å². The van der Waals surface area contributed by atoms with Gasteiger partial charge in [-0.2, -0.15) is 0 Å². The van der Waals surface area contributed by atoms with Crippen LogP contribution in [0.1, 0.15) is 27.4 Å². The summed E-state index contributed by atoms with van der Waals surface area (Å²) in [4.78, 5) is 20.1. The van der Waals surface area contributed by atoms with Crippen molar-refractivity contribution < 1.29 is 18.7 Å². The predicted molar refractivity (Wildman–Crippen MR) is 157 cm³/mol. The fourth-order valence-electron chi connectivity index (χ4n) is 4.63. The zero-order chi connectivity index (χ0) is 27.9. The van der Waals surface area contributed by atoms with E-state index in [2.05, 4.69) is 17.1 Å². The topological polar surface area (TPSA) is 64.8 Å². The molecule has 6 nitrogen and oxygen atoms in total. The molecule has 0 spiro atoms. The molecule has 5 aromatic rings. The van der Waals surface area contributed by atoms with E-state index in [-0.39, 0.29) is 0 Å². The normalized spacial score (nSPS) is 10.8. The van der Waals surface area contributed by atoms with Crippen LogP contribution >= 0.6 is 11.6 Å². The number of carbonyl (C=O) groups is 1. The van der Waals surface area contributed by atoms with E-state index in [9.17, 15) is 4.79 Å². The lowest BCUT2D eigenvalue weighted by Gasteiger charge is -2.26. The van der Waals surface area contributed by atoms with Gasteiger partial charge in [0.1, 0.15) is 22.8 Å². The average molecular weight is 553 g/mol. The number of carbonyl (C=O) groups excluding carboxylic acids is 1. The first-order chi connectivity index (χ1) is 19.6. The number of pyridine rings is 1. The van der Waals surface area contributed by atoms with Crippen LogP contribution in [0.4, 0.5) is 11.4 Å². The van der Waals surface area contributed by atoms with Crippen molar-refractivity contribution in [3.05, 3.63) is 131 Å². The number of hydrogen-bond acceptors (Lipinski definition) is 6. The summed E-state index contributed by atoms with van der Waals surface area (Å²) >= 11 is 6.22. The largest absolute Gasteiger partial charge is 0.497 e. The SMILES string of the molecule is COC(=O)c1c(CCc2ccccc2)oc(-c2ccc(Cl)cc2)c1N(Cc1ccccn1)c1ccc(OC)cc1. The van der Waals surface area contributed by atoms with Gasteiger partial charge in [0, 0.05) is 28.9 Å². The summed E-state index contributed by atoms with van der Waals surface area (Å²) in [6.45, 7) is 0.384. The van der Waals surface area contributed by atoms with E-state index in [4.69, 9.17) is 25.5 Å². The van der Waals surface area contributed by atoms with Crippen LogP contribution < -0.4 is 9.64 Å². The van der Waals surface area contributed by atoms with Gasteiger partial charge in [-0.1, -0.05) is 48.0 Å². The second kappa shape index (κ2) is 12.5. The molecule has 40 heavy (non-hydrogen) atoms. The number of methoxy groups -OCH3 is 2. The second-order valence-electron chi connectivity index (χ2n) is 9.17. The van der Waals surface area contributed by atoms with Crippen LogP contribution in [0.2, 0.25) is 5.02 Å². The predicted octanol–water partition coefficient (Wildman–Crippen LogP) is 7.91. The first-order valence-electron chi connectivity index (χ1n) is 12.9. The number of aromatic nitrogens is 1. The molecule has 202 valence electrons. The zero-order valence-corrected chi connectivity index (χ0v) is 23.1. The summed E-state index contributed by atoms with van der Waals surface area (Å²) in [5.74, 6) is 1.35. The molecule has 0 fully saturated rings. The molecule has 0 bridgehead atoms. The molecule has 0 aliphatic carbocycles. The summed E-state index contributed by atoms with van der Waals surface area (Å²) in [6.07, 6.45) is 2.96. The Bertz CT molecular complexity index is 1550. The highest BCUT2D eigenvalue weighted by atomic mass is 35.5. The third kappa shape index (κ3) is 6.03. The summed E-state index contributed by atoms with van der Waals surface area (Å²) in [7, 11) is 3.02. The molecule has 5 rings (SSSR count). The molecular formula is C33H29ClN2O4. The van der Waals surface area contributed by atoms with Gasteiger partial charge in [0.25, 0.3) is 0 Å². The van der Waals surface area contributed by atoms with Crippen molar-refractivity contribution in [2.24, 2.45) is 0 Å². The minimum Gasteiger partial charge on any atom is -0.497 e. The van der Waals surface area contributed by atoms with Crippen molar-refractivity contribution in [1.82, 2.24) is 4.98 Å². The fourth-order valence-corrected chi connectivity index (χ4v) is 4.75. The maximum Gasteiger partial charge on any atom is 0.343 e. The van der Waals surface area contributed by atoms with Crippen molar-refractivity contribution in [1.29, 1.82) is 0 Å². The number of halogens is 1. The van der Waals surface area contributed by atoms with Gasteiger partial charge in [-0.3, -0.25) is 4.98 Å². The maximum atomic E-state index is 13.5. The Kier molecular flexibility index (Phi) is 8.47. The first-order valence-corrected chi connectivity index (χ1v) is 13.3. The standard InChI is InChI=1S/C33H29ClN2O4/c1-38-28-18-16-27(17-19-28)36(22-26-10-6-7-21-35-26)31-30(33(37)39-2)29(20-11-23-8-4-3-5-9-23)40-32(31)24-12-14-25(34)15-13-24/h3-10,12-19,21H,11,20,22H2,1-2H3. The Labute approximate surface area is 238 Å². The average Bonchev–Trinajstić information content (AvgIpc) is 3.39. The van der Waals surface area contributed by atoms with Crippen LogP contribution in [-0.2, 0) is 24.1 Å². The highest BCUT2D eigenvalue weighted by Crippen LogP contribution is 2.44. The number of rotatable bonds is 10. The van der Waals surface area contributed by atoms with Gasteiger partial charge in [-0.05, 0) is 72.6 Å². The monoisotopic (exact) mass is 552 g/mol. The Morgan fingerprint density at radius 1 is 0.875 bits per heavy atom. The van der Waals surface area contributed by atoms with Crippen LogP contribution in [0.25, 0.3) is 11.3 Å². The van der Waals surface area contributed by atoms with Gasteiger partial charge in [-0.25, -0.2) is 4.79 Å². The Hall–Kier alpha value is -4.55. The number of anilines is 2. The van der Waals surface area contributed by atoms with Crippen molar-refractivity contribution in [2.45, 2.75) is 19.4 Å². The fraction of sp³-hybridized carbons (Fsp3) is 0.152. The van der Waals surface area contributed by atoms with Crippen molar-refractivity contribution in [2.75, 3.05) is 19.1 Å².